The van der Waals surface area contributed by atoms with Crippen LogP contribution < -0.4 is 10.6 Å². The second-order valence-electron chi connectivity index (χ2n) is 3.51. The van der Waals surface area contributed by atoms with Gasteiger partial charge in [-0.25, -0.2) is 0 Å². The van der Waals surface area contributed by atoms with E-state index in [-0.39, 0.29) is 11.9 Å². The molecule has 3 nitrogen and oxygen atoms in total. The molecule has 70 valence electrons. The molecule has 0 aromatic heterocycles. The molecular formula is C9H18N2O. The largest absolute Gasteiger partial charge is 0.358 e. The summed E-state index contributed by atoms with van der Waals surface area (Å²) in [7, 11) is 1.67. The molecule has 0 aliphatic heterocycles. The van der Waals surface area contributed by atoms with Crippen molar-refractivity contribution in [2.45, 2.75) is 38.8 Å². The lowest BCUT2D eigenvalue weighted by molar-refractivity contribution is -0.122. The second kappa shape index (κ2) is 3.90. The summed E-state index contributed by atoms with van der Waals surface area (Å²) in [6.45, 7) is 4.10. The van der Waals surface area contributed by atoms with E-state index in [0.717, 1.165) is 5.92 Å². The van der Waals surface area contributed by atoms with Crippen LogP contribution in [0, 0.1) is 5.92 Å². The third-order valence-corrected chi connectivity index (χ3v) is 2.55. The normalized spacial score (nSPS) is 29.6. The molecule has 2 N–H and O–H groups in total. The summed E-state index contributed by atoms with van der Waals surface area (Å²) >= 11 is 0. The molecule has 1 amide bonds. The molecule has 0 aromatic rings. The van der Waals surface area contributed by atoms with Gasteiger partial charge in [0, 0.05) is 13.1 Å². The molecule has 3 heteroatoms. The number of carbonyl (C=O) groups excluding carboxylic acids is 1. The second-order valence-corrected chi connectivity index (χ2v) is 3.51. The van der Waals surface area contributed by atoms with Crippen LogP contribution in [0.3, 0.4) is 0 Å². The van der Waals surface area contributed by atoms with Crippen molar-refractivity contribution >= 4 is 5.91 Å². The van der Waals surface area contributed by atoms with E-state index in [0.29, 0.717) is 6.04 Å². The number of rotatable bonds is 4. The maximum Gasteiger partial charge on any atom is 0.236 e. The Hall–Kier alpha value is -0.570. The summed E-state index contributed by atoms with van der Waals surface area (Å²) in [5.41, 5.74) is 0. The first-order valence-corrected chi connectivity index (χ1v) is 4.66. The van der Waals surface area contributed by atoms with Gasteiger partial charge < -0.3 is 10.6 Å². The lowest BCUT2D eigenvalue weighted by Gasteiger charge is -2.11. The van der Waals surface area contributed by atoms with Gasteiger partial charge in [-0.15, -0.1) is 0 Å². The molecule has 3 atom stereocenters. The van der Waals surface area contributed by atoms with Crippen molar-refractivity contribution in [1.82, 2.24) is 10.6 Å². The van der Waals surface area contributed by atoms with Gasteiger partial charge in [-0.05, 0) is 19.3 Å². The lowest BCUT2D eigenvalue weighted by atomic mass is 10.3. The van der Waals surface area contributed by atoms with Gasteiger partial charge in [-0.3, -0.25) is 4.79 Å². The summed E-state index contributed by atoms with van der Waals surface area (Å²) in [6, 6.07) is 0.541. The van der Waals surface area contributed by atoms with E-state index in [9.17, 15) is 4.79 Å². The summed E-state index contributed by atoms with van der Waals surface area (Å²) in [4.78, 5) is 11.1. The zero-order valence-corrected chi connectivity index (χ0v) is 8.05. The minimum atomic E-state index is -0.0449. The molecule has 0 aromatic carbocycles. The Balaban J connectivity index is 2.19. The quantitative estimate of drug-likeness (QED) is 0.645. The number of likely N-dealkylation sites (N-methyl/N-ethyl adjacent to an activating group) is 1. The van der Waals surface area contributed by atoms with E-state index < -0.39 is 0 Å². The Bertz CT molecular complexity index is 170. The monoisotopic (exact) mass is 170 g/mol. The topological polar surface area (TPSA) is 41.1 Å². The number of nitrogens with one attached hydrogen (secondary N) is 2. The first-order valence-electron chi connectivity index (χ1n) is 4.66. The van der Waals surface area contributed by atoms with Crippen LogP contribution >= 0.6 is 0 Å². The minimum absolute atomic E-state index is 0.0449. The Morgan fingerprint density at radius 2 is 2.33 bits per heavy atom. The maximum absolute atomic E-state index is 11.1. The van der Waals surface area contributed by atoms with Gasteiger partial charge in [0.25, 0.3) is 0 Å². The van der Waals surface area contributed by atoms with Crippen LogP contribution in [0.2, 0.25) is 0 Å². The zero-order valence-electron chi connectivity index (χ0n) is 8.05. The molecule has 0 bridgehead atoms. The highest BCUT2D eigenvalue weighted by atomic mass is 16.2. The highest BCUT2D eigenvalue weighted by Gasteiger charge is 2.36. The van der Waals surface area contributed by atoms with Gasteiger partial charge in [0.15, 0.2) is 0 Å². The van der Waals surface area contributed by atoms with E-state index in [1.165, 1.54) is 12.8 Å². The summed E-state index contributed by atoms with van der Waals surface area (Å²) < 4.78 is 0. The number of amides is 1. The van der Waals surface area contributed by atoms with Crippen molar-refractivity contribution in [1.29, 1.82) is 0 Å². The highest BCUT2D eigenvalue weighted by molar-refractivity contribution is 5.81. The van der Waals surface area contributed by atoms with Crippen LogP contribution in [0.1, 0.15) is 26.7 Å². The van der Waals surface area contributed by atoms with Crippen molar-refractivity contribution in [2.24, 2.45) is 5.92 Å². The van der Waals surface area contributed by atoms with Crippen LogP contribution in [0.25, 0.3) is 0 Å². The number of hydrogen-bond acceptors (Lipinski definition) is 2. The van der Waals surface area contributed by atoms with Crippen molar-refractivity contribution in [3.05, 3.63) is 0 Å². The average molecular weight is 170 g/mol. The third-order valence-electron chi connectivity index (χ3n) is 2.55. The summed E-state index contributed by atoms with van der Waals surface area (Å²) in [5.74, 6) is 0.883. The fraction of sp³-hybridized carbons (Fsp3) is 0.889. The number of carbonyl (C=O) groups is 1. The van der Waals surface area contributed by atoms with Crippen molar-refractivity contribution in [3.63, 3.8) is 0 Å². The summed E-state index contributed by atoms with van der Waals surface area (Å²) in [5, 5.41) is 5.92. The van der Waals surface area contributed by atoms with Crippen molar-refractivity contribution < 1.29 is 4.79 Å². The fourth-order valence-electron chi connectivity index (χ4n) is 1.52. The summed E-state index contributed by atoms with van der Waals surface area (Å²) in [6.07, 6.45) is 2.45. The zero-order chi connectivity index (χ0) is 9.14. The van der Waals surface area contributed by atoms with Crippen LogP contribution in [0.15, 0.2) is 0 Å². The first kappa shape index (κ1) is 9.52. The standard InChI is InChI=1S/C9H18N2O/c1-4-7-5-8(7)11-6(2)9(12)10-3/h6-8,11H,4-5H2,1-3H3,(H,10,12). The van der Waals surface area contributed by atoms with Crippen LogP contribution in [0.5, 0.6) is 0 Å². The Morgan fingerprint density at radius 3 is 2.75 bits per heavy atom. The molecule has 0 saturated heterocycles. The van der Waals surface area contributed by atoms with E-state index >= 15 is 0 Å². The SMILES string of the molecule is CCC1CC1NC(C)C(=O)NC. The van der Waals surface area contributed by atoms with Gasteiger partial charge >= 0.3 is 0 Å². The van der Waals surface area contributed by atoms with Crippen molar-refractivity contribution in [2.75, 3.05) is 7.05 Å². The molecule has 1 aliphatic carbocycles. The van der Waals surface area contributed by atoms with Gasteiger partial charge in [0.2, 0.25) is 5.91 Å². The first-order chi connectivity index (χ1) is 5.69. The van der Waals surface area contributed by atoms with Gasteiger partial charge in [-0.2, -0.15) is 0 Å². The Labute approximate surface area is 73.9 Å². The minimum Gasteiger partial charge on any atom is -0.358 e. The van der Waals surface area contributed by atoms with E-state index in [1.807, 2.05) is 6.92 Å². The predicted molar refractivity (Wildman–Crippen MR) is 48.9 cm³/mol. The molecule has 0 heterocycles. The molecular weight excluding hydrogens is 152 g/mol. The average Bonchev–Trinajstić information content (AvgIpc) is 2.81. The van der Waals surface area contributed by atoms with Crippen LogP contribution in [-0.4, -0.2) is 25.0 Å². The van der Waals surface area contributed by atoms with E-state index in [2.05, 4.69) is 17.6 Å². The van der Waals surface area contributed by atoms with E-state index in [1.54, 1.807) is 7.05 Å². The van der Waals surface area contributed by atoms with Gasteiger partial charge in [-0.1, -0.05) is 13.3 Å². The maximum atomic E-state index is 11.1. The molecule has 12 heavy (non-hydrogen) atoms. The lowest BCUT2D eigenvalue weighted by Crippen LogP contribution is -2.42. The fourth-order valence-corrected chi connectivity index (χ4v) is 1.52. The molecule has 1 fully saturated rings. The molecule has 3 unspecified atom stereocenters. The smallest absolute Gasteiger partial charge is 0.236 e. The van der Waals surface area contributed by atoms with Gasteiger partial charge in [0.05, 0.1) is 6.04 Å². The van der Waals surface area contributed by atoms with E-state index in [4.69, 9.17) is 0 Å². The predicted octanol–water partition coefficient (Wildman–Crippen LogP) is 0.509. The van der Waals surface area contributed by atoms with Gasteiger partial charge in [0.1, 0.15) is 0 Å². The third kappa shape index (κ3) is 2.21. The Kier molecular flexibility index (Phi) is 3.09. The molecule has 0 radical (unpaired) electrons. The van der Waals surface area contributed by atoms with Crippen LogP contribution in [-0.2, 0) is 4.79 Å². The molecule has 1 aliphatic rings. The van der Waals surface area contributed by atoms with Crippen LogP contribution in [0.4, 0.5) is 0 Å². The highest BCUT2D eigenvalue weighted by Crippen LogP contribution is 2.33. The van der Waals surface area contributed by atoms with Crippen molar-refractivity contribution in [3.8, 4) is 0 Å². The molecule has 0 spiro atoms. The molecule has 1 saturated carbocycles. The Morgan fingerprint density at radius 1 is 1.67 bits per heavy atom. The molecule has 1 rings (SSSR count). The number of hydrogen-bond donors (Lipinski definition) is 2.